The van der Waals surface area contributed by atoms with E-state index in [0.29, 0.717) is 58.3 Å². The summed E-state index contributed by atoms with van der Waals surface area (Å²) >= 11 is 13.3. The van der Waals surface area contributed by atoms with E-state index in [2.05, 4.69) is 11.0 Å². The van der Waals surface area contributed by atoms with Crippen molar-refractivity contribution in [3.8, 4) is 22.9 Å². The molecule has 0 atom stereocenters. The molecule has 0 spiro atoms. The Morgan fingerprint density at radius 1 is 1.05 bits per heavy atom. The lowest BCUT2D eigenvalue weighted by atomic mass is 9.99. The Bertz CT molecular complexity index is 1590. The molecule has 0 bridgehead atoms. The molecule has 0 radical (unpaired) electrons. The lowest BCUT2D eigenvalue weighted by molar-refractivity contribution is 0.0620. The molecular formula is C29H23Cl2N3O4S. The SMILES string of the molecule is N#Cc1ccccc1-c1ccc(COc2coc(CN3CCN(C(=O)c4cc(Cl)sc4Cl)CC3)cc2=O)cc1. The molecule has 2 aromatic carbocycles. The highest BCUT2D eigenvalue weighted by atomic mass is 35.5. The number of halogens is 2. The fraction of sp³-hybridized carbons (Fsp3) is 0.207. The Morgan fingerprint density at radius 2 is 1.79 bits per heavy atom. The van der Waals surface area contributed by atoms with Crippen molar-refractivity contribution in [2.75, 3.05) is 26.2 Å². The molecule has 0 N–H and O–H groups in total. The van der Waals surface area contributed by atoms with Crippen LogP contribution in [0.4, 0.5) is 0 Å². The molecule has 1 fully saturated rings. The fourth-order valence-electron chi connectivity index (χ4n) is 4.39. The summed E-state index contributed by atoms with van der Waals surface area (Å²) in [5.74, 6) is 0.539. The number of piperazine rings is 1. The van der Waals surface area contributed by atoms with E-state index in [9.17, 15) is 14.9 Å². The van der Waals surface area contributed by atoms with Gasteiger partial charge in [-0.1, -0.05) is 65.7 Å². The van der Waals surface area contributed by atoms with Crippen LogP contribution >= 0.6 is 34.5 Å². The molecule has 1 saturated heterocycles. The minimum Gasteiger partial charge on any atom is -0.482 e. The van der Waals surface area contributed by atoms with Crippen molar-refractivity contribution in [2.45, 2.75) is 13.2 Å². The van der Waals surface area contributed by atoms with E-state index in [-0.39, 0.29) is 23.7 Å². The molecular weight excluding hydrogens is 557 g/mol. The summed E-state index contributed by atoms with van der Waals surface area (Å²) in [5.41, 5.74) is 3.48. The summed E-state index contributed by atoms with van der Waals surface area (Å²) in [4.78, 5) is 29.2. The highest BCUT2D eigenvalue weighted by Gasteiger charge is 2.25. The lowest BCUT2D eigenvalue weighted by Crippen LogP contribution is -2.48. The van der Waals surface area contributed by atoms with Crippen molar-refractivity contribution in [1.29, 1.82) is 5.26 Å². The van der Waals surface area contributed by atoms with Gasteiger partial charge in [-0.3, -0.25) is 14.5 Å². The van der Waals surface area contributed by atoms with E-state index < -0.39 is 0 Å². The van der Waals surface area contributed by atoms with Crippen LogP contribution in [0.25, 0.3) is 11.1 Å². The molecule has 4 aromatic rings. The summed E-state index contributed by atoms with van der Waals surface area (Å²) in [5, 5.41) is 9.33. The molecule has 0 unspecified atom stereocenters. The highest BCUT2D eigenvalue weighted by molar-refractivity contribution is 7.20. The predicted octanol–water partition coefficient (Wildman–Crippen LogP) is 6.08. The number of hydrogen-bond acceptors (Lipinski definition) is 7. The van der Waals surface area contributed by atoms with Crippen LogP contribution in [0.15, 0.2) is 76.1 Å². The maximum atomic E-state index is 12.7. The summed E-state index contributed by atoms with van der Waals surface area (Å²) in [6, 6.07) is 20.4. The first-order valence-electron chi connectivity index (χ1n) is 12.2. The van der Waals surface area contributed by atoms with Gasteiger partial charge in [-0.05, 0) is 28.8 Å². The van der Waals surface area contributed by atoms with Gasteiger partial charge in [0.1, 0.15) is 23.0 Å². The number of carbonyl (C=O) groups excluding carboxylic acids is 1. The van der Waals surface area contributed by atoms with Gasteiger partial charge in [0.25, 0.3) is 5.91 Å². The maximum Gasteiger partial charge on any atom is 0.256 e. The maximum absolute atomic E-state index is 12.7. The van der Waals surface area contributed by atoms with Crippen LogP contribution in [0.3, 0.4) is 0 Å². The average Bonchev–Trinajstić information content (AvgIpc) is 3.30. The monoisotopic (exact) mass is 579 g/mol. The van der Waals surface area contributed by atoms with Crippen LogP contribution in [-0.4, -0.2) is 41.9 Å². The van der Waals surface area contributed by atoms with Gasteiger partial charge in [0.2, 0.25) is 11.2 Å². The molecule has 1 aliphatic rings. The molecule has 39 heavy (non-hydrogen) atoms. The topological polar surface area (TPSA) is 86.8 Å². The molecule has 5 rings (SSSR count). The zero-order valence-electron chi connectivity index (χ0n) is 20.7. The number of carbonyl (C=O) groups is 1. The Hall–Kier alpha value is -3.61. The molecule has 1 aliphatic heterocycles. The minimum absolute atomic E-state index is 0.127. The zero-order chi connectivity index (χ0) is 27.4. The molecule has 3 heterocycles. The first-order valence-corrected chi connectivity index (χ1v) is 13.8. The normalized spacial score (nSPS) is 13.7. The number of benzene rings is 2. The third-order valence-corrected chi connectivity index (χ3v) is 7.97. The molecule has 2 aromatic heterocycles. The Morgan fingerprint density at radius 3 is 2.46 bits per heavy atom. The van der Waals surface area contributed by atoms with Gasteiger partial charge in [0.05, 0.1) is 28.1 Å². The summed E-state index contributed by atoms with van der Waals surface area (Å²) in [7, 11) is 0. The molecule has 198 valence electrons. The Balaban J connectivity index is 1.14. The van der Waals surface area contributed by atoms with E-state index in [1.165, 1.54) is 23.7 Å². The Labute approximate surface area is 239 Å². The van der Waals surface area contributed by atoms with E-state index in [4.69, 9.17) is 32.4 Å². The first kappa shape index (κ1) is 27.0. The third kappa shape index (κ3) is 6.35. The van der Waals surface area contributed by atoms with Crippen molar-refractivity contribution in [3.63, 3.8) is 0 Å². The number of ether oxygens (including phenoxy) is 1. The first-order chi connectivity index (χ1) is 18.9. The van der Waals surface area contributed by atoms with Crippen LogP contribution in [0, 0.1) is 11.3 Å². The Kier molecular flexibility index (Phi) is 8.34. The van der Waals surface area contributed by atoms with Crippen molar-refractivity contribution >= 4 is 40.4 Å². The van der Waals surface area contributed by atoms with Gasteiger partial charge in [0.15, 0.2) is 0 Å². The number of amides is 1. The molecule has 1 amide bonds. The smallest absolute Gasteiger partial charge is 0.256 e. The molecule has 0 aliphatic carbocycles. The summed E-state index contributed by atoms with van der Waals surface area (Å²) in [6.07, 6.45) is 1.34. The van der Waals surface area contributed by atoms with Crippen molar-refractivity contribution < 1.29 is 13.9 Å². The van der Waals surface area contributed by atoms with E-state index in [1.807, 2.05) is 42.5 Å². The van der Waals surface area contributed by atoms with E-state index in [1.54, 1.807) is 17.0 Å². The van der Waals surface area contributed by atoms with Crippen LogP contribution in [0.5, 0.6) is 5.75 Å². The van der Waals surface area contributed by atoms with Crippen molar-refractivity contribution in [3.05, 3.63) is 108 Å². The largest absolute Gasteiger partial charge is 0.482 e. The second-order valence-electron chi connectivity index (χ2n) is 9.02. The van der Waals surface area contributed by atoms with Crippen LogP contribution in [-0.2, 0) is 13.2 Å². The van der Waals surface area contributed by atoms with Gasteiger partial charge in [-0.2, -0.15) is 5.26 Å². The number of nitrogens with zero attached hydrogens (tertiary/aromatic N) is 3. The number of nitriles is 1. The van der Waals surface area contributed by atoms with Gasteiger partial charge in [-0.25, -0.2) is 0 Å². The van der Waals surface area contributed by atoms with Gasteiger partial charge in [0, 0.05) is 32.2 Å². The molecule has 7 nitrogen and oxygen atoms in total. The van der Waals surface area contributed by atoms with Gasteiger partial charge in [-0.15, -0.1) is 11.3 Å². The number of thiophene rings is 1. The highest BCUT2D eigenvalue weighted by Crippen LogP contribution is 2.32. The fourth-order valence-corrected chi connectivity index (χ4v) is 5.83. The molecule has 0 saturated carbocycles. The minimum atomic E-state index is -0.256. The average molecular weight is 580 g/mol. The summed E-state index contributed by atoms with van der Waals surface area (Å²) < 4.78 is 12.3. The standard InChI is InChI=1S/C29H23Cl2N3O4S/c30-27-14-24(28(31)39-27)29(36)34-11-9-33(10-12-34)16-22-13-25(35)26(18-37-22)38-17-19-5-7-20(8-6-19)23-4-2-1-3-21(23)15-32/h1-8,13-14,18H,9-12,16-17H2. The third-order valence-electron chi connectivity index (χ3n) is 6.49. The van der Waals surface area contributed by atoms with Crippen LogP contribution in [0.2, 0.25) is 8.67 Å². The number of rotatable bonds is 7. The quantitative estimate of drug-likeness (QED) is 0.263. The van der Waals surface area contributed by atoms with Crippen LogP contribution < -0.4 is 10.2 Å². The second kappa shape index (κ2) is 12.1. The van der Waals surface area contributed by atoms with Gasteiger partial charge < -0.3 is 14.1 Å². The molecule has 10 heteroatoms. The zero-order valence-corrected chi connectivity index (χ0v) is 23.1. The van der Waals surface area contributed by atoms with Crippen molar-refractivity contribution in [1.82, 2.24) is 9.80 Å². The predicted molar refractivity (Wildman–Crippen MR) is 151 cm³/mol. The van der Waals surface area contributed by atoms with Crippen molar-refractivity contribution in [2.24, 2.45) is 0 Å². The van der Waals surface area contributed by atoms with E-state index in [0.717, 1.165) is 16.7 Å². The van der Waals surface area contributed by atoms with E-state index >= 15 is 0 Å². The van der Waals surface area contributed by atoms with Gasteiger partial charge >= 0.3 is 0 Å². The summed E-state index contributed by atoms with van der Waals surface area (Å²) in [6.45, 7) is 3.01. The second-order valence-corrected chi connectivity index (χ2v) is 11.3. The number of hydrogen-bond donors (Lipinski definition) is 0. The van der Waals surface area contributed by atoms with Crippen LogP contribution in [0.1, 0.15) is 27.2 Å². The lowest BCUT2D eigenvalue weighted by Gasteiger charge is -2.34.